The second kappa shape index (κ2) is 5.97. The maximum atomic E-state index is 10.4. The van der Waals surface area contributed by atoms with E-state index >= 15 is 0 Å². The molecule has 96 valence electrons. The van der Waals surface area contributed by atoms with E-state index in [0.29, 0.717) is 11.4 Å². The summed E-state index contributed by atoms with van der Waals surface area (Å²) >= 11 is 5.08. The van der Waals surface area contributed by atoms with Gasteiger partial charge in [-0.15, -0.1) is 0 Å². The van der Waals surface area contributed by atoms with E-state index in [2.05, 4.69) is 18.8 Å². The number of rotatable bonds is 2. The number of aromatic nitrogens is 2. The molecule has 0 unspecified atom stereocenters. The summed E-state index contributed by atoms with van der Waals surface area (Å²) in [4.78, 5) is 27.8. The molecule has 0 aliphatic carbocycles. The Labute approximate surface area is 106 Å². The Hall–Kier alpha value is -2.15. The Morgan fingerprint density at radius 1 is 1.11 bits per heavy atom. The van der Waals surface area contributed by atoms with Crippen LogP contribution in [0.2, 0.25) is 0 Å². The molecule has 0 atom stereocenters. The van der Waals surface area contributed by atoms with Gasteiger partial charge in [0.15, 0.2) is 12.8 Å². The molecule has 0 amide bonds. The van der Waals surface area contributed by atoms with E-state index in [1.165, 1.54) is 6.39 Å². The molecule has 0 spiro atoms. The van der Waals surface area contributed by atoms with Crippen LogP contribution in [0.4, 0.5) is 0 Å². The highest BCUT2D eigenvalue weighted by Gasteiger charge is 2.10. The average molecular weight is 273 g/mol. The first kappa shape index (κ1) is 13.9. The minimum atomic E-state index is -1.08. The lowest BCUT2D eigenvalue weighted by molar-refractivity contribution is 0.0661. The SMILES string of the molecule is Cc1ncoc1C(=O)Cl.Cc1ncoc1C(=O)O. The summed E-state index contributed by atoms with van der Waals surface area (Å²) in [6, 6.07) is 0. The molecule has 2 heterocycles. The fourth-order valence-corrected chi connectivity index (χ4v) is 1.18. The minimum absolute atomic E-state index is 0.0880. The zero-order valence-electron chi connectivity index (χ0n) is 9.51. The van der Waals surface area contributed by atoms with E-state index < -0.39 is 11.2 Å². The summed E-state index contributed by atoms with van der Waals surface area (Å²) in [7, 11) is 0. The number of oxazole rings is 2. The third kappa shape index (κ3) is 3.42. The molecule has 0 saturated heterocycles. The molecule has 0 aliphatic rings. The molecule has 0 aliphatic heterocycles. The van der Waals surface area contributed by atoms with Crippen molar-refractivity contribution in [2.45, 2.75) is 13.8 Å². The van der Waals surface area contributed by atoms with Gasteiger partial charge in [-0.2, -0.15) is 0 Å². The van der Waals surface area contributed by atoms with Crippen LogP contribution >= 0.6 is 11.6 Å². The Morgan fingerprint density at radius 2 is 1.56 bits per heavy atom. The number of nitrogens with zero attached hydrogens (tertiary/aromatic N) is 2. The molecular weight excluding hydrogens is 264 g/mol. The summed E-state index contributed by atoms with van der Waals surface area (Å²) in [5.41, 5.74) is 0.928. The molecule has 18 heavy (non-hydrogen) atoms. The fraction of sp³-hybridized carbons (Fsp3) is 0.200. The standard InChI is InChI=1S/C5H4ClNO2.C5H5NO3/c1-3-4(5(6)8)9-2-7-3;1-3-4(5(7)8)9-2-6-3/h2H,1H3;2H,1H3,(H,7,8). The van der Waals surface area contributed by atoms with E-state index in [4.69, 9.17) is 16.7 Å². The number of hydrogen-bond donors (Lipinski definition) is 1. The number of halogens is 1. The van der Waals surface area contributed by atoms with Crippen molar-refractivity contribution in [2.24, 2.45) is 0 Å². The monoisotopic (exact) mass is 272 g/mol. The first-order chi connectivity index (χ1) is 8.43. The van der Waals surface area contributed by atoms with Gasteiger partial charge >= 0.3 is 5.97 Å². The third-order valence-corrected chi connectivity index (χ3v) is 2.04. The highest BCUT2D eigenvalue weighted by molar-refractivity contribution is 6.67. The zero-order valence-corrected chi connectivity index (χ0v) is 10.3. The fourth-order valence-electron chi connectivity index (χ4n) is 0.998. The van der Waals surface area contributed by atoms with E-state index in [1.54, 1.807) is 13.8 Å². The molecular formula is C10H9ClN2O5. The van der Waals surface area contributed by atoms with Crippen molar-refractivity contribution >= 4 is 22.8 Å². The van der Waals surface area contributed by atoms with Crippen LogP contribution in [0.25, 0.3) is 0 Å². The molecule has 1 N–H and O–H groups in total. The lowest BCUT2D eigenvalue weighted by atomic mass is 10.4. The smallest absolute Gasteiger partial charge is 0.373 e. The van der Waals surface area contributed by atoms with Gasteiger partial charge in [0.2, 0.25) is 11.5 Å². The van der Waals surface area contributed by atoms with Crippen molar-refractivity contribution in [1.82, 2.24) is 9.97 Å². The second-order valence-corrected chi connectivity index (χ2v) is 3.46. The van der Waals surface area contributed by atoms with Crippen molar-refractivity contribution in [1.29, 1.82) is 0 Å². The normalized spacial score (nSPS) is 9.50. The summed E-state index contributed by atoms with van der Waals surface area (Å²) in [6.07, 6.45) is 2.30. The number of carbonyl (C=O) groups excluding carboxylic acids is 1. The van der Waals surface area contributed by atoms with Gasteiger partial charge in [-0.25, -0.2) is 14.8 Å². The number of aryl methyl sites for hydroxylation is 2. The first-order valence-corrected chi connectivity index (χ1v) is 5.04. The van der Waals surface area contributed by atoms with Crippen LogP contribution in [0.5, 0.6) is 0 Å². The zero-order chi connectivity index (χ0) is 13.7. The van der Waals surface area contributed by atoms with Crippen molar-refractivity contribution in [3.05, 3.63) is 35.7 Å². The maximum absolute atomic E-state index is 10.4. The van der Waals surface area contributed by atoms with Crippen LogP contribution in [0.15, 0.2) is 21.6 Å². The lowest BCUT2D eigenvalue weighted by Crippen LogP contribution is -1.95. The van der Waals surface area contributed by atoms with Gasteiger partial charge in [0, 0.05) is 0 Å². The Morgan fingerprint density at radius 3 is 1.72 bits per heavy atom. The molecule has 0 fully saturated rings. The van der Waals surface area contributed by atoms with Crippen molar-refractivity contribution in [3.8, 4) is 0 Å². The van der Waals surface area contributed by atoms with Gasteiger partial charge in [-0.1, -0.05) is 0 Å². The van der Waals surface area contributed by atoms with Crippen LogP contribution in [0, 0.1) is 13.8 Å². The number of hydrogen-bond acceptors (Lipinski definition) is 6. The molecule has 8 heteroatoms. The number of aromatic carboxylic acids is 1. The molecule has 2 aromatic rings. The molecule has 0 bridgehead atoms. The van der Waals surface area contributed by atoms with Crippen LogP contribution < -0.4 is 0 Å². The summed E-state index contributed by atoms with van der Waals surface area (Å²) in [5.74, 6) is -1.04. The second-order valence-electron chi connectivity index (χ2n) is 3.11. The van der Waals surface area contributed by atoms with Gasteiger partial charge in [0.25, 0.3) is 5.24 Å². The average Bonchev–Trinajstić information content (AvgIpc) is 2.87. The van der Waals surface area contributed by atoms with Gasteiger partial charge in [0.05, 0.1) is 11.4 Å². The number of carboxylic acids is 1. The van der Waals surface area contributed by atoms with Gasteiger partial charge < -0.3 is 13.9 Å². The first-order valence-electron chi connectivity index (χ1n) is 4.66. The molecule has 0 radical (unpaired) electrons. The molecule has 2 rings (SSSR count). The topological polar surface area (TPSA) is 106 Å². The maximum Gasteiger partial charge on any atom is 0.373 e. The van der Waals surface area contributed by atoms with Crippen LogP contribution in [-0.4, -0.2) is 26.3 Å². The van der Waals surface area contributed by atoms with Gasteiger partial charge in [-0.05, 0) is 25.4 Å². The molecule has 0 aromatic carbocycles. The lowest BCUT2D eigenvalue weighted by Gasteiger charge is -1.83. The van der Waals surface area contributed by atoms with E-state index in [0.717, 1.165) is 6.39 Å². The summed E-state index contributed by atoms with van der Waals surface area (Å²) < 4.78 is 9.15. The molecule has 0 saturated carbocycles. The van der Waals surface area contributed by atoms with Crippen LogP contribution in [-0.2, 0) is 0 Å². The van der Waals surface area contributed by atoms with Gasteiger partial charge in [0.1, 0.15) is 0 Å². The Balaban J connectivity index is 0.000000180. The van der Waals surface area contributed by atoms with Crippen LogP contribution in [0.3, 0.4) is 0 Å². The predicted molar refractivity (Wildman–Crippen MR) is 59.6 cm³/mol. The molecule has 2 aromatic heterocycles. The third-order valence-electron chi connectivity index (χ3n) is 1.86. The highest BCUT2D eigenvalue weighted by atomic mass is 35.5. The highest BCUT2D eigenvalue weighted by Crippen LogP contribution is 2.07. The van der Waals surface area contributed by atoms with E-state index in [1.807, 2.05) is 0 Å². The van der Waals surface area contributed by atoms with E-state index in [-0.39, 0.29) is 11.5 Å². The number of carbonyl (C=O) groups is 2. The van der Waals surface area contributed by atoms with Crippen molar-refractivity contribution in [2.75, 3.05) is 0 Å². The Bertz CT molecular complexity index is 510. The van der Waals surface area contributed by atoms with E-state index in [9.17, 15) is 9.59 Å². The number of carboxylic acid groups (broad SMARTS) is 1. The molecule has 7 nitrogen and oxygen atoms in total. The summed E-state index contributed by atoms with van der Waals surface area (Å²) in [6.45, 7) is 3.23. The van der Waals surface area contributed by atoms with Crippen molar-refractivity contribution in [3.63, 3.8) is 0 Å². The predicted octanol–water partition coefficient (Wildman–Crippen LogP) is 2.04. The Kier molecular flexibility index (Phi) is 4.61. The largest absolute Gasteiger partial charge is 0.475 e. The minimum Gasteiger partial charge on any atom is -0.475 e. The van der Waals surface area contributed by atoms with Crippen LogP contribution in [0.1, 0.15) is 32.5 Å². The quantitative estimate of drug-likeness (QED) is 0.834. The van der Waals surface area contributed by atoms with Gasteiger partial charge in [-0.3, -0.25) is 4.79 Å². The summed E-state index contributed by atoms with van der Waals surface area (Å²) in [5, 5.41) is 7.71. The van der Waals surface area contributed by atoms with Crippen molar-refractivity contribution < 1.29 is 23.5 Å².